The van der Waals surface area contributed by atoms with E-state index >= 15 is 0 Å². The molecule has 1 unspecified atom stereocenters. The lowest BCUT2D eigenvalue weighted by Crippen LogP contribution is -2.04. The Labute approximate surface area is 120 Å². The van der Waals surface area contributed by atoms with E-state index in [9.17, 15) is 5.11 Å². The number of hydrogen-bond acceptors (Lipinski definition) is 2. The van der Waals surface area contributed by atoms with Gasteiger partial charge in [-0.15, -0.1) is 0 Å². The van der Waals surface area contributed by atoms with Gasteiger partial charge in [0.15, 0.2) is 0 Å². The molecule has 0 aliphatic rings. The Morgan fingerprint density at radius 3 is 2.83 bits per heavy atom. The molecule has 0 fully saturated rings. The van der Waals surface area contributed by atoms with Gasteiger partial charge in [0.1, 0.15) is 0 Å². The summed E-state index contributed by atoms with van der Waals surface area (Å²) in [6.07, 6.45) is 3.32. The van der Waals surface area contributed by atoms with Crippen LogP contribution in [-0.4, -0.2) is 10.1 Å². The Kier molecular flexibility index (Phi) is 4.38. The van der Waals surface area contributed by atoms with Crippen LogP contribution >= 0.6 is 27.5 Å². The molecule has 0 aliphatic heterocycles. The van der Waals surface area contributed by atoms with Crippen molar-refractivity contribution < 1.29 is 5.11 Å². The first kappa shape index (κ1) is 13.5. The van der Waals surface area contributed by atoms with Gasteiger partial charge in [0.05, 0.1) is 6.10 Å². The molecule has 1 heterocycles. The van der Waals surface area contributed by atoms with Crippen LogP contribution in [0.1, 0.15) is 22.8 Å². The molecule has 94 valence electrons. The smallest absolute Gasteiger partial charge is 0.0848 e. The molecule has 2 aromatic rings. The third-order valence-corrected chi connectivity index (χ3v) is 3.71. The maximum atomic E-state index is 10.2. The molecule has 0 saturated heterocycles. The number of aliphatic hydroxyl groups is 1. The highest BCUT2D eigenvalue weighted by atomic mass is 79.9. The number of aliphatic hydroxyl groups excluding tert-OH is 1. The molecule has 2 rings (SSSR count). The third kappa shape index (κ3) is 3.10. The largest absolute Gasteiger partial charge is 0.388 e. The molecule has 1 atom stereocenters. The van der Waals surface area contributed by atoms with Crippen LogP contribution in [0.25, 0.3) is 0 Å². The van der Waals surface area contributed by atoms with E-state index in [4.69, 9.17) is 11.6 Å². The van der Waals surface area contributed by atoms with Crippen LogP contribution in [-0.2, 0) is 6.42 Å². The molecule has 0 saturated carbocycles. The molecule has 18 heavy (non-hydrogen) atoms. The number of benzene rings is 1. The topological polar surface area (TPSA) is 33.1 Å². The summed E-state index contributed by atoms with van der Waals surface area (Å²) in [5, 5.41) is 10.9. The molecule has 4 heteroatoms. The summed E-state index contributed by atoms with van der Waals surface area (Å²) in [6, 6.07) is 7.56. The van der Waals surface area contributed by atoms with Crippen molar-refractivity contribution >= 4 is 27.5 Å². The lowest BCUT2D eigenvalue weighted by molar-refractivity contribution is 0.177. The lowest BCUT2D eigenvalue weighted by atomic mass is 10.00. The van der Waals surface area contributed by atoms with Crippen LogP contribution < -0.4 is 0 Å². The summed E-state index contributed by atoms with van der Waals surface area (Å²) in [4.78, 5) is 4.04. The lowest BCUT2D eigenvalue weighted by Gasteiger charge is -2.14. The maximum absolute atomic E-state index is 10.2. The zero-order valence-electron chi connectivity index (χ0n) is 9.90. The van der Waals surface area contributed by atoms with Crippen molar-refractivity contribution in [2.24, 2.45) is 0 Å². The van der Waals surface area contributed by atoms with Gasteiger partial charge in [0.25, 0.3) is 0 Å². The second-order valence-corrected chi connectivity index (χ2v) is 5.51. The number of aromatic nitrogens is 1. The Morgan fingerprint density at radius 1 is 1.39 bits per heavy atom. The molecular weight excluding hydrogens is 314 g/mol. The van der Waals surface area contributed by atoms with Crippen molar-refractivity contribution in [2.45, 2.75) is 19.4 Å². The highest BCUT2D eigenvalue weighted by molar-refractivity contribution is 9.10. The van der Waals surface area contributed by atoms with Crippen molar-refractivity contribution in [3.05, 3.63) is 62.8 Å². The molecule has 0 aliphatic carbocycles. The van der Waals surface area contributed by atoms with Crippen LogP contribution in [0.4, 0.5) is 0 Å². The molecule has 1 aromatic carbocycles. The number of rotatable bonds is 3. The van der Waals surface area contributed by atoms with E-state index in [0.717, 1.165) is 21.2 Å². The Balaban J connectivity index is 2.21. The van der Waals surface area contributed by atoms with Crippen molar-refractivity contribution in [3.63, 3.8) is 0 Å². The highest BCUT2D eigenvalue weighted by Crippen LogP contribution is 2.27. The Hall–Kier alpha value is -0.900. The average molecular weight is 327 g/mol. The summed E-state index contributed by atoms with van der Waals surface area (Å²) in [5.74, 6) is 0. The number of aryl methyl sites for hydroxylation is 1. The summed E-state index contributed by atoms with van der Waals surface area (Å²) >= 11 is 9.51. The van der Waals surface area contributed by atoms with Crippen LogP contribution in [0.3, 0.4) is 0 Å². The van der Waals surface area contributed by atoms with E-state index in [0.29, 0.717) is 11.4 Å². The predicted molar refractivity (Wildman–Crippen MR) is 76.8 cm³/mol. The minimum Gasteiger partial charge on any atom is -0.388 e. The number of nitrogens with zero attached hydrogens (tertiary/aromatic N) is 1. The van der Waals surface area contributed by atoms with E-state index in [1.54, 1.807) is 12.4 Å². The van der Waals surface area contributed by atoms with E-state index in [-0.39, 0.29) is 0 Å². The molecule has 2 nitrogen and oxygen atoms in total. The molecule has 0 bridgehead atoms. The highest BCUT2D eigenvalue weighted by Gasteiger charge is 2.13. The summed E-state index contributed by atoms with van der Waals surface area (Å²) in [5.41, 5.74) is 2.80. The fraction of sp³-hybridized carbons (Fsp3) is 0.214. The second-order valence-electron chi connectivity index (χ2n) is 4.19. The summed E-state index contributed by atoms with van der Waals surface area (Å²) in [7, 11) is 0. The molecule has 1 N–H and O–H groups in total. The van der Waals surface area contributed by atoms with Gasteiger partial charge >= 0.3 is 0 Å². The van der Waals surface area contributed by atoms with Gasteiger partial charge in [-0.25, -0.2) is 0 Å². The van der Waals surface area contributed by atoms with Gasteiger partial charge in [-0.1, -0.05) is 33.6 Å². The fourth-order valence-electron chi connectivity index (χ4n) is 1.83. The average Bonchev–Trinajstić information content (AvgIpc) is 2.33. The third-order valence-electron chi connectivity index (χ3n) is 2.87. The number of hydrogen-bond donors (Lipinski definition) is 1. The second kappa shape index (κ2) is 5.83. The standard InChI is InChI=1S/C14H13BrClNO/c1-9-4-5-17-8-12(9)14(18)6-10-2-3-11(15)7-13(10)16/h2-5,7-8,14,18H,6H2,1H3. The van der Waals surface area contributed by atoms with Crippen molar-refractivity contribution in [1.82, 2.24) is 4.98 Å². The van der Waals surface area contributed by atoms with Crippen LogP contribution in [0.5, 0.6) is 0 Å². The van der Waals surface area contributed by atoms with Gasteiger partial charge in [0.2, 0.25) is 0 Å². The maximum Gasteiger partial charge on any atom is 0.0848 e. The van der Waals surface area contributed by atoms with E-state index in [1.807, 2.05) is 31.2 Å². The first-order valence-electron chi connectivity index (χ1n) is 5.60. The summed E-state index contributed by atoms with van der Waals surface area (Å²) < 4.78 is 0.934. The van der Waals surface area contributed by atoms with Crippen molar-refractivity contribution in [1.29, 1.82) is 0 Å². The Morgan fingerprint density at radius 2 is 2.17 bits per heavy atom. The fourth-order valence-corrected chi connectivity index (χ4v) is 2.58. The zero-order valence-corrected chi connectivity index (χ0v) is 12.2. The minimum absolute atomic E-state index is 0.485. The first-order valence-corrected chi connectivity index (χ1v) is 6.77. The normalized spacial score (nSPS) is 12.4. The van der Waals surface area contributed by atoms with Crippen molar-refractivity contribution in [2.75, 3.05) is 0 Å². The van der Waals surface area contributed by atoms with Gasteiger partial charge < -0.3 is 5.11 Å². The van der Waals surface area contributed by atoms with Crippen molar-refractivity contribution in [3.8, 4) is 0 Å². The molecule has 1 aromatic heterocycles. The van der Waals surface area contributed by atoms with Gasteiger partial charge in [0, 0.05) is 33.9 Å². The van der Waals surface area contributed by atoms with Gasteiger partial charge in [-0.2, -0.15) is 0 Å². The molecular formula is C14H13BrClNO. The molecule has 0 spiro atoms. The number of pyridine rings is 1. The van der Waals surface area contributed by atoms with E-state index < -0.39 is 6.10 Å². The molecule has 0 amide bonds. The predicted octanol–water partition coefficient (Wildman–Crippen LogP) is 4.08. The SMILES string of the molecule is Cc1ccncc1C(O)Cc1ccc(Br)cc1Cl. The minimum atomic E-state index is -0.586. The van der Waals surface area contributed by atoms with Gasteiger partial charge in [-0.3, -0.25) is 4.98 Å². The van der Waals surface area contributed by atoms with E-state index in [2.05, 4.69) is 20.9 Å². The quantitative estimate of drug-likeness (QED) is 0.922. The molecule has 0 radical (unpaired) electrons. The zero-order chi connectivity index (χ0) is 13.1. The Bertz CT molecular complexity index is 559. The van der Waals surface area contributed by atoms with E-state index in [1.165, 1.54) is 0 Å². The number of halogens is 2. The van der Waals surface area contributed by atoms with Crippen LogP contribution in [0.2, 0.25) is 5.02 Å². The summed E-state index contributed by atoms with van der Waals surface area (Å²) in [6.45, 7) is 1.96. The first-order chi connectivity index (χ1) is 8.58. The monoisotopic (exact) mass is 325 g/mol. The van der Waals surface area contributed by atoms with Gasteiger partial charge in [-0.05, 0) is 36.2 Å². The van der Waals surface area contributed by atoms with Crippen LogP contribution in [0.15, 0.2) is 41.1 Å². The van der Waals surface area contributed by atoms with Crippen LogP contribution in [0, 0.1) is 6.92 Å².